The minimum absolute atomic E-state index is 0.0318. The molecule has 1 aliphatic carbocycles. The first-order valence-corrected chi connectivity index (χ1v) is 8.45. The summed E-state index contributed by atoms with van der Waals surface area (Å²) >= 11 is 3.50. The Hall–Kier alpha value is -1.46. The molecule has 1 aliphatic rings. The zero-order valence-corrected chi connectivity index (χ0v) is 14.2. The molecule has 1 saturated carbocycles. The van der Waals surface area contributed by atoms with Crippen molar-refractivity contribution in [3.8, 4) is 0 Å². The number of hydrogen-bond acceptors (Lipinski definition) is 4. The fraction of sp³-hybridized carbons (Fsp3) is 0.412. The fourth-order valence-corrected chi connectivity index (χ4v) is 3.42. The highest BCUT2D eigenvalue weighted by Gasteiger charge is 2.21. The van der Waals surface area contributed by atoms with Crippen molar-refractivity contribution in [3.05, 3.63) is 34.4 Å². The third-order valence-electron chi connectivity index (χ3n) is 4.33. The van der Waals surface area contributed by atoms with E-state index in [1.54, 1.807) is 13.1 Å². The van der Waals surface area contributed by atoms with E-state index in [-0.39, 0.29) is 5.78 Å². The Morgan fingerprint density at radius 3 is 2.73 bits per heavy atom. The number of nitrogens with two attached hydrogens (primary N) is 1. The zero-order chi connectivity index (χ0) is 15.7. The molecule has 22 heavy (non-hydrogen) atoms. The number of fused-ring (bicyclic) bond motifs is 1. The molecule has 0 amide bonds. The van der Waals surface area contributed by atoms with Gasteiger partial charge >= 0.3 is 0 Å². The molecule has 116 valence electrons. The Balaban J connectivity index is 2.02. The summed E-state index contributed by atoms with van der Waals surface area (Å²) in [5.74, 6) is 0.0318. The van der Waals surface area contributed by atoms with Crippen molar-refractivity contribution in [3.63, 3.8) is 0 Å². The monoisotopic (exact) mass is 361 g/mol. The van der Waals surface area contributed by atoms with Crippen LogP contribution in [0.1, 0.15) is 43.0 Å². The summed E-state index contributed by atoms with van der Waals surface area (Å²) in [4.78, 5) is 16.4. The number of halogens is 1. The van der Waals surface area contributed by atoms with Crippen LogP contribution in [0, 0.1) is 0 Å². The van der Waals surface area contributed by atoms with Crippen LogP contribution in [-0.4, -0.2) is 22.9 Å². The van der Waals surface area contributed by atoms with Gasteiger partial charge in [-0.15, -0.1) is 0 Å². The van der Waals surface area contributed by atoms with Crippen LogP contribution in [0.15, 0.2) is 28.9 Å². The Morgan fingerprint density at radius 2 is 2.05 bits per heavy atom. The molecule has 0 bridgehead atoms. The molecule has 5 heteroatoms. The van der Waals surface area contributed by atoms with E-state index in [9.17, 15) is 4.79 Å². The number of hydrogen-bond donors (Lipinski definition) is 2. The quantitative estimate of drug-likeness (QED) is 0.813. The average molecular weight is 362 g/mol. The van der Waals surface area contributed by atoms with Gasteiger partial charge in [0, 0.05) is 28.1 Å². The highest BCUT2D eigenvalue weighted by Crippen LogP contribution is 2.31. The molecule has 3 N–H and O–H groups in total. The van der Waals surface area contributed by atoms with Crippen LogP contribution in [0.25, 0.3) is 10.9 Å². The van der Waals surface area contributed by atoms with E-state index in [0.29, 0.717) is 17.6 Å². The van der Waals surface area contributed by atoms with E-state index in [1.807, 2.05) is 18.2 Å². The van der Waals surface area contributed by atoms with E-state index < -0.39 is 0 Å². The lowest BCUT2D eigenvalue weighted by Crippen LogP contribution is -2.33. The summed E-state index contributed by atoms with van der Waals surface area (Å²) in [7, 11) is 0. The number of carbonyl (C=O) groups is 1. The normalized spacial score (nSPS) is 21.8. The summed E-state index contributed by atoms with van der Waals surface area (Å²) in [5, 5.41) is 4.57. The number of nitrogens with zero attached hydrogens (tertiary/aromatic N) is 1. The standard InChI is InChI=1S/C17H20BrN3O/c1-10(22)15-9-20-16-7-2-11(18)8-14(16)17(15)21-13-5-3-12(19)4-6-13/h2,7-9,12-13H,3-6,19H2,1H3,(H,20,21)/t12-,13-. The third kappa shape index (κ3) is 3.15. The molecular formula is C17H20BrN3O. The maximum atomic E-state index is 12.0. The van der Waals surface area contributed by atoms with Gasteiger partial charge in [-0.25, -0.2) is 0 Å². The molecule has 4 nitrogen and oxygen atoms in total. The van der Waals surface area contributed by atoms with Crippen LogP contribution < -0.4 is 11.1 Å². The highest BCUT2D eigenvalue weighted by molar-refractivity contribution is 9.10. The van der Waals surface area contributed by atoms with Gasteiger partial charge in [0.25, 0.3) is 0 Å². The molecule has 1 heterocycles. The highest BCUT2D eigenvalue weighted by atomic mass is 79.9. The fourth-order valence-electron chi connectivity index (χ4n) is 3.05. The van der Waals surface area contributed by atoms with Crippen LogP contribution in [-0.2, 0) is 0 Å². The molecule has 0 unspecified atom stereocenters. The van der Waals surface area contributed by atoms with Crippen LogP contribution in [0.5, 0.6) is 0 Å². The molecule has 0 atom stereocenters. The summed E-state index contributed by atoms with van der Waals surface area (Å²) in [6.45, 7) is 1.59. The van der Waals surface area contributed by atoms with Crippen LogP contribution in [0.2, 0.25) is 0 Å². The van der Waals surface area contributed by atoms with Crippen LogP contribution >= 0.6 is 15.9 Å². The van der Waals surface area contributed by atoms with Gasteiger partial charge in [0.1, 0.15) is 0 Å². The van der Waals surface area contributed by atoms with Gasteiger partial charge in [-0.2, -0.15) is 0 Å². The molecule has 3 rings (SSSR count). The van der Waals surface area contributed by atoms with E-state index >= 15 is 0 Å². The van der Waals surface area contributed by atoms with Crippen molar-refractivity contribution in [2.75, 3.05) is 5.32 Å². The molecular weight excluding hydrogens is 342 g/mol. The lowest BCUT2D eigenvalue weighted by molar-refractivity contribution is 0.101. The number of aromatic nitrogens is 1. The second-order valence-electron chi connectivity index (χ2n) is 6.02. The first-order chi connectivity index (χ1) is 10.5. The van der Waals surface area contributed by atoms with Gasteiger partial charge in [-0.1, -0.05) is 15.9 Å². The van der Waals surface area contributed by atoms with Gasteiger partial charge in [-0.05, 0) is 50.8 Å². The number of nitrogens with one attached hydrogen (secondary N) is 1. The lowest BCUT2D eigenvalue weighted by atomic mass is 9.91. The average Bonchev–Trinajstić information content (AvgIpc) is 2.49. The van der Waals surface area contributed by atoms with Crippen molar-refractivity contribution in [1.29, 1.82) is 0 Å². The molecule has 0 aliphatic heterocycles. The second kappa shape index (κ2) is 6.34. The number of pyridine rings is 1. The zero-order valence-electron chi connectivity index (χ0n) is 12.6. The summed E-state index contributed by atoms with van der Waals surface area (Å²) < 4.78 is 0.983. The van der Waals surface area contributed by atoms with E-state index in [4.69, 9.17) is 5.73 Å². The number of Topliss-reactive ketones (excluding diaryl/α,β-unsaturated/α-hetero) is 1. The minimum Gasteiger partial charge on any atom is -0.381 e. The molecule has 1 aromatic heterocycles. The van der Waals surface area contributed by atoms with Crippen molar-refractivity contribution >= 4 is 38.3 Å². The van der Waals surface area contributed by atoms with Gasteiger partial charge in [0.05, 0.1) is 16.8 Å². The Morgan fingerprint density at radius 1 is 1.32 bits per heavy atom. The van der Waals surface area contributed by atoms with Crippen LogP contribution in [0.3, 0.4) is 0 Å². The molecule has 0 saturated heterocycles. The predicted molar refractivity (Wildman–Crippen MR) is 93.3 cm³/mol. The third-order valence-corrected chi connectivity index (χ3v) is 4.82. The Bertz CT molecular complexity index is 708. The lowest BCUT2D eigenvalue weighted by Gasteiger charge is -2.28. The SMILES string of the molecule is CC(=O)c1cnc2ccc(Br)cc2c1N[C@H]1CC[C@H](N)CC1. The minimum atomic E-state index is 0.0318. The van der Waals surface area contributed by atoms with Crippen molar-refractivity contribution in [2.45, 2.75) is 44.7 Å². The molecule has 0 radical (unpaired) electrons. The first-order valence-electron chi connectivity index (χ1n) is 7.66. The molecule has 1 fully saturated rings. The van der Waals surface area contributed by atoms with Crippen LogP contribution in [0.4, 0.5) is 5.69 Å². The largest absolute Gasteiger partial charge is 0.381 e. The van der Waals surface area contributed by atoms with Gasteiger partial charge in [0.2, 0.25) is 0 Å². The summed E-state index contributed by atoms with van der Waals surface area (Å²) in [5.41, 5.74) is 8.43. The van der Waals surface area contributed by atoms with Gasteiger partial charge in [-0.3, -0.25) is 9.78 Å². The summed E-state index contributed by atoms with van der Waals surface area (Å²) in [6.07, 6.45) is 5.81. The molecule has 2 aromatic rings. The van der Waals surface area contributed by atoms with E-state index in [1.165, 1.54) is 0 Å². The van der Waals surface area contributed by atoms with Crippen molar-refractivity contribution < 1.29 is 4.79 Å². The molecule has 0 spiro atoms. The van der Waals surface area contributed by atoms with Gasteiger partial charge in [0.15, 0.2) is 5.78 Å². The Labute approximate surface area is 138 Å². The number of benzene rings is 1. The summed E-state index contributed by atoms with van der Waals surface area (Å²) in [6, 6.07) is 6.62. The molecule has 1 aromatic carbocycles. The number of carbonyl (C=O) groups excluding carboxylic acids is 1. The van der Waals surface area contributed by atoms with E-state index in [2.05, 4.69) is 26.2 Å². The predicted octanol–water partition coefficient (Wildman–Crippen LogP) is 3.88. The van der Waals surface area contributed by atoms with E-state index in [0.717, 1.165) is 46.7 Å². The maximum Gasteiger partial charge on any atom is 0.163 e. The number of ketones is 1. The maximum absolute atomic E-state index is 12.0. The second-order valence-corrected chi connectivity index (χ2v) is 6.94. The topological polar surface area (TPSA) is 68.0 Å². The number of rotatable bonds is 3. The Kier molecular flexibility index (Phi) is 4.45. The van der Waals surface area contributed by atoms with Crippen molar-refractivity contribution in [2.24, 2.45) is 5.73 Å². The van der Waals surface area contributed by atoms with Crippen molar-refractivity contribution in [1.82, 2.24) is 4.98 Å². The van der Waals surface area contributed by atoms with Gasteiger partial charge < -0.3 is 11.1 Å². The smallest absolute Gasteiger partial charge is 0.163 e. The number of anilines is 1. The first kappa shape index (κ1) is 15.4.